The molecule has 4 rings (SSSR count). The third-order valence-corrected chi connectivity index (χ3v) is 6.01. The van der Waals surface area contributed by atoms with E-state index in [4.69, 9.17) is 5.11 Å². The molecule has 2 aliphatic rings. The number of aromatic nitrogens is 3. The number of thiophene rings is 1. The molecule has 0 spiro atoms. The first-order chi connectivity index (χ1) is 10.2. The molecule has 21 heavy (non-hydrogen) atoms. The number of carbonyl (C=O) groups is 1. The molecule has 2 aromatic heterocycles. The lowest BCUT2D eigenvalue weighted by Gasteiger charge is -2.07. The number of hydrogen-bond donors (Lipinski definition) is 1. The number of thioether (sulfide) groups is 1. The molecule has 2 aliphatic carbocycles. The molecule has 0 bridgehead atoms. The number of carboxylic acids is 1. The van der Waals surface area contributed by atoms with Gasteiger partial charge in [-0.3, -0.25) is 0 Å². The highest BCUT2D eigenvalue weighted by atomic mass is 32.2. The summed E-state index contributed by atoms with van der Waals surface area (Å²) < 4.78 is 2.33. The highest BCUT2D eigenvalue weighted by molar-refractivity contribution is 7.98. The number of rotatable bonds is 6. The maximum atomic E-state index is 10.9. The SMILES string of the molecule is O=C(O)c1ccc(CSc2nnc(C3CC3)n2C2CC2)s1. The summed E-state index contributed by atoms with van der Waals surface area (Å²) >= 11 is 3.00. The van der Waals surface area contributed by atoms with Gasteiger partial charge in [-0.05, 0) is 37.8 Å². The van der Waals surface area contributed by atoms with Crippen molar-refractivity contribution in [2.75, 3.05) is 0 Å². The second-order valence-corrected chi connectivity index (χ2v) is 7.69. The van der Waals surface area contributed by atoms with E-state index in [2.05, 4.69) is 14.8 Å². The third-order valence-electron chi connectivity index (χ3n) is 3.76. The summed E-state index contributed by atoms with van der Waals surface area (Å²) in [5, 5.41) is 18.7. The van der Waals surface area contributed by atoms with Gasteiger partial charge in [0, 0.05) is 22.6 Å². The molecule has 7 heteroatoms. The van der Waals surface area contributed by atoms with E-state index < -0.39 is 5.97 Å². The van der Waals surface area contributed by atoms with E-state index in [1.54, 1.807) is 17.8 Å². The zero-order valence-electron chi connectivity index (χ0n) is 11.4. The van der Waals surface area contributed by atoms with Crippen molar-refractivity contribution in [3.8, 4) is 0 Å². The van der Waals surface area contributed by atoms with Gasteiger partial charge in [0.2, 0.25) is 0 Å². The molecule has 110 valence electrons. The highest BCUT2D eigenvalue weighted by Gasteiger charge is 2.36. The summed E-state index contributed by atoms with van der Waals surface area (Å²) in [6.07, 6.45) is 4.94. The van der Waals surface area contributed by atoms with Crippen LogP contribution in [0.25, 0.3) is 0 Å². The van der Waals surface area contributed by atoms with Gasteiger partial charge in [0.05, 0.1) is 0 Å². The Labute approximate surface area is 130 Å². The van der Waals surface area contributed by atoms with Gasteiger partial charge >= 0.3 is 5.97 Å². The Morgan fingerprint density at radius 1 is 1.33 bits per heavy atom. The average Bonchev–Trinajstić information content (AvgIpc) is 3.39. The molecule has 0 saturated heterocycles. The fraction of sp³-hybridized carbons (Fsp3) is 0.500. The van der Waals surface area contributed by atoms with Gasteiger partial charge in [0.25, 0.3) is 0 Å². The second-order valence-electron chi connectivity index (χ2n) is 5.58. The van der Waals surface area contributed by atoms with E-state index in [1.807, 2.05) is 6.07 Å². The third kappa shape index (κ3) is 2.72. The van der Waals surface area contributed by atoms with Crippen molar-refractivity contribution in [3.63, 3.8) is 0 Å². The van der Waals surface area contributed by atoms with Crippen LogP contribution in [0.2, 0.25) is 0 Å². The van der Waals surface area contributed by atoms with Crippen LogP contribution < -0.4 is 0 Å². The number of carboxylic acid groups (broad SMARTS) is 1. The number of nitrogens with zero attached hydrogens (tertiary/aromatic N) is 3. The fourth-order valence-electron chi connectivity index (χ4n) is 2.39. The molecule has 5 nitrogen and oxygen atoms in total. The molecule has 1 N–H and O–H groups in total. The first-order valence-electron chi connectivity index (χ1n) is 7.12. The summed E-state index contributed by atoms with van der Waals surface area (Å²) in [6.45, 7) is 0. The minimum Gasteiger partial charge on any atom is -0.477 e. The lowest BCUT2D eigenvalue weighted by Crippen LogP contribution is -2.01. The highest BCUT2D eigenvalue weighted by Crippen LogP contribution is 2.46. The Morgan fingerprint density at radius 2 is 2.14 bits per heavy atom. The quantitative estimate of drug-likeness (QED) is 0.824. The van der Waals surface area contributed by atoms with Crippen LogP contribution in [0.1, 0.15) is 58.0 Å². The summed E-state index contributed by atoms with van der Waals surface area (Å²) in [5.41, 5.74) is 0. The standard InChI is InChI=1S/C14H15N3O2S2/c18-13(19)11-6-5-10(21-11)7-20-14-16-15-12(8-1-2-8)17(14)9-3-4-9/h5-6,8-9H,1-4,7H2,(H,18,19). The van der Waals surface area contributed by atoms with E-state index in [-0.39, 0.29) is 0 Å². The molecule has 2 fully saturated rings. The molecular formula is C14H15N3O2S2. The monoisotopic (exact) mass is 321 g/mol. The van der Waals surface area contributed by atoms with Crippen LogP contribution in [0.4, 0.5) is 0 Å². The van der Waals surface area contributed by atoms with Crippen LogP contribution in [-0.2, 0) is 5.75 Å². The minimum atomic E-state index is -0.853. The van der Waals surface area contributed by atoms with Gasteiger partial charge in [0.1, 0.15) is 10.7 Å². The van der Waals surface area contributed by atoms with Crippen molar-refractivity contribution in [2.45, 2.75) is 48.6 Å². The Kier molecular flexibility index (Phi) is 3.26. The zero-order chi connectivity index (χ0) is 14.4. The first kappa shape index (κ1) is 13.3. The number of hydrogen-bond acceptors (Lipinski definition) is 5. The largest absolute Gasteiger partial charge is 0.477 e. The first-order valence-corrected chi connectivity index (χ1v) is 8.92. The van der Waals surface area contributed by atoms with Crippen molar-refractivity contribution < 1.29 is 9.90 Å². The predicted octanol–water partition coefficient (Wildman–Crippen LogP) is 3.54. The van der Waals surface area contributed by atoms with Crippen LogP contribution >= 0.6 is 23.1 Å². The van der Waals surface area contributed by atoms with Crippen LogP contribution in [-0.4, -0.2) is 25.8 Å². The van der Waals surface area contributed by atoms with E-state index in [1.165, 1.54) is 37.0 Å². The summed E-state index contributed by atoms with van der Waals surface area (Å²) in [5.74, 6) is 1.69. The summed E-state index contributed by atoms with van der Waals surface area (Å²) in [7, 11) is 0. The molecule has 0 unspecified atom stereocenters. The van der Waals surface area contributed by atoms with Crippen LogP contribution in [0.5, 0.6) is 0 Å². The zero-order valence-corrected chi connectivity index (χ0v) is 13.0. The minimum absolute atomic E-state index is 0.396. The van der Waals surface area contributed by atoms with Crippen molar-refractivity contribution in [1.29, 1.82) is 0 Å². The maximum absolute atomic E-state index is 10.9. The average molecular weight is 321 g/mol. The lowest BCUT2D eigenvalue weighted by molar-refractivity contribution is 0.0702. The second kappa shape index (κ2) is 5.14. The van der Waals surface area contributed by atoms with Gasteiger partial charge < -0.3 is 9.67 Å². The summed E-state index contributed by atoms with van der Waals surface area (Å²) in [4.78, 5) is 12.4. The van der Waals surface area contributed by atoms with Gasteiger partial charge in [-0.25, -0.2) is 4.79 Å². The lowest BCUT2D eigenvalue weighted by atomic mass is 10.4. The molecular weight excluding hydrogens is 306 g/mol. The van der Waals surface area contributed by atoms with Crippen molar-refractivity contribution >= 4 is 29.1 Å². The maximum Gasteiger partial charge on any atom is 0.345 e. The van der Waals surface area contributed by atoms with E-state index >= 15 is 0 Å². The predicted molar refractivity (Wildman–Crippen MR) is 81.1 cm³/mol. The van der Waals surface area contributed by atoms with Crippen molar-refractivity contribution in [2.24, 2.45) is 0 Å². The normalized spacial score (nSPS) is 18.1. The fourth-order valence-corrected chi connectivity index (χ4v) is 4.29. The molecule has 2 aromatic rings. The van der Waals surface area contributed by atoms with Crippen LogP contribution in [0.15, 0.2) is 17.3 Å². The smallest absolute Gasteiger partial charge is 0.345 e. The summed E-state index contributed by atoms with van der Waals surface area (Å²) in [6, 6.07) is 4.15. The Hall–Kier alpha value is -1.34. The molecule has 0 aliphatic heterocycles. The van der Waals surface area contributed by atoms with E-state index in [0.29, 0.717) is 16.8 Å². The molecule has 0 amide bonds. The molecule has 0 atom stereocenters. The van der Waals surface area contributed by atoms with E-state index in [0.717, 1.165) is 21.6 Å². The van der Waals surface area contributed by atoms with Gasteiger partial charge in [-0.2, -0.15) is 0 Å². The van der Waals surface area contributed by atoms with Gasteiger partial charge in [0.15, 0.2) is 5.16 Å². The van der Waals surface area contributed by atoms with Crippen molar-refractivity contribution in [3.05, 3.63) is 27.7 Å². The Morgan fingerprint density at radius 3 is 2.76 bits per heavy atom. The van der Waals surface area contributed by atoms with Crippen molar-refractivity contribution in [1.82, 2.24) is 14.8 Å². The topological polar surface area (TPSA) is 68.0 Å². The van der Waals surface area contributed by atoms with Gasteiger partial charge in [-0.15, -0.1) is 21.5 Å². The molecule has 0 radical (unpaired) electrons. The Bertz CT molecular complexity index is 686. The van der Waals surface area contributed by atoms with Crippen LogP contribution in [0.3, 0.4) is 0 Å². The van der Waals surface area contributed by atoms with E-state index in [9.17, 15) is 4.79 Å². The van der Waals surface area contributed by atoms with Crippen LogP contribution in [0, 0.1) is 0 Å². The molecule has 0 aromatic carbocycles. The Balaban J connectivity index is 1.50. The molecule has 2 heterocycles. The number of aromatic carboxylic acids is 1. The van der Waals surface area contributed by atoms with Gasteiger partial charge in [-0.1, -0.05) is 11.8 Å². The molecule has 2 saturated carbocycles.